The highest BCUT2D eigenvalue weighted by Crippen LogP contribution is 2.34. The van der Waals surface area contributed by atoms with Gasteiger partial charge in [-0.15, -0.1) is 0 Å². The molecule has 246 valence electrons. The molecule has 4 atom stereocenters. The molecular formula is C27H39N3O14. The van der Waals surface area contributed by atoms with Crippen LogP contribution in [-0.2, 0) is 47.5 Å². The third-order valence-corrected chi connectivity index (χ3v) is 5.54. The summed E-state index contributed by atoms with van der Waals surface area (Å²) >= 11 is 0. The zero-order chi connectivity index (χ0) is 34.5. The number of hydrogen-bond acceptors (Lipinski definition) is 16. The predicted octanol–water partition coefficient (Wildman–Crippen LogP) is 2.69. The lowest BCUT2D eigenvalue weighted by atomic mass is 9.97. The molecule has 1 aliphatic rings. The zero-order valence-corrected chi connectivity index (χ0v) is 25.9. The Bertz CT molecular complexity index is 1340. The Morgan fingerprint density at radius 3 is 1.86 bits per heavy atom. The van der Waals surface area contributed by atoms with Gasteiger partial charge in [0.1, 0.15) is 6.10 Å². The molecule has 1 aliphatic heterocycles. The van der Waals surface area contributed by atoms with E-state index in [1.165, 1.54) is 41.5 Å². The van der Waals surface area contributed by atoms with Crippen molar-refractivity contribution in [2.75, 3.05) is 18.9 Å². The third kappa shape index (κ3) is 9.99. The summed E-state index contributed by atoms with van der Waals surface area (Å²) in [6.07, 6.45) is -10.6. The summed E-state index contributed by atoms with van der Waals surface area (Å²) in [4.78, 5) is 78.7. The molecule has 0 spiro atoms. The molecule has 2 rings (SSSR count). The first-order valence-corrected chi connectivity index (χ1v) is 13.3. The van der Waals surface area contributed by atoms with Crippen molar-refractivity contribution in [2.24, 2.45) is 16.2 Å². The van der Waals surface area contributed by atoms with Crippen LogP contribution in [0.25, 0.3) is 0 Å². The number of esters is 3. The van der Waals surface area contributed by atoms with Gasteiger partial charge in [-0.2, -0.15) is 4.98 Å². The number of carbonyl (C=O) groups excluding carboxylic acids is 5. The van der Waals surface area contributed by atoms with Crippen molar-refractivity contribution in [3.63, 3.8) is 0 Å². The normalized spacial score (nSPS) is 22.3. The first-order valence-electron chi connectivity index (χ1n) is 13.8. The van der Waals surface area contributed by atoms with E-state index in [9.17, 15) is 28.8 Å². The Balaban J connectivity index is 2.53. The molecule has 1 saturated heterocycles. The molecule has 0 unspecified atom stereocenters. The number of hydrogen-bond donors (Lipinski definition) is 2. The van der Waals surface area contributed by atoms with Crippen LogP contribution in [-0.4, -0.2) is 76.7 Å². The van der Waals surface area contributed by atoms with Crippen LogP contribution in [0.2, 0.25) is 0 Å². The molecule has 0 amide bonds. The lowest BCUT2D eigenvalue weighted by molar-refractivity contribution is -0.170. The number of carbonyl (C=O) groups is 5. The summed E-state index contributed by atoms with van der Waals surface area (Å²) in [7, 11) is 0. The van der Waals surface area contributed by atoms with Gasteiger partial charge in [-0.05, 0) is 68.4 Å². The van der Waals surface area contributed by atoms with Crippen LogP contribution in [0.4, 0.5) is 15.4 Å². The number of rotatable bonds is 8. The second-order valence-corrected chi connectivity index (χ2v) is 12.6. The van der Waals surface area contributed by atoms with Crippen molar-refractivity contribution < 1.29 is 63.7 Å². The fourth-order valence-corrected chi connectivity index (χ4v) is 3.03. The van der Waals surface area contributed by atoms with Gasteiger partial charge in [-0.25, -0.2) is 14.4 Å². The summed E-state index contributed by atoms with van der Waals surface area (Å²) in [5.74, 6) is -2.95. The van der Waals surface area contributed by atoms with Crippen LogP contribution >= 0.6 is 0 Å². The van der Waals surface area contributed by atoms with E-state index in [1.807, 2.05) is 0 Å². The summed E-state index contributed by atoms with van der Waals surface area (Å²) in [5.41, 5.74) is -2.72. The highest BCUT2D eigenvalue weighted by atomic mass is 16.8. The highest BCUT2D eigenvalue weighted by molar-refractivity contribution is 5.86. The molecule has 0 aromatic carbocycles. The second kappa shape index (κ2) is 14.1. The van der Waals surface area contributed by atoms with Gasteiger partial charge in [0.2, 0.25) is 0 Å². The fraction of sp³-hybridized carbons (Fsp3) is 0.667. The van der Waals surface area contributed by atoms with E-state index in [0.717, 1.165) is 12.3 Å². The van der Waals surface area contributed by atoms with Crippen molar-refractivity contribution in [1.29, 1.82) is 0 Å². The van der Waals surface area contributed by atoms with Crippen LogP contribution in [0.5, 0.6) is 0 Å². The van der Waals surface area contributed by atoms with Crippen LogP contribution in [0.15, 0.2) is 17.1 Å². The number of nitrogens with zero attached hydrogens (tertiary/aromatic N) is 2. The van der Waals surface area contributed by atoms with E-state index >= 15 is 0 Å². The SMILES string of the molecule is [2H][C@@]1(n2ccc(NO)nc2=O)O[C@H](COCOC(=O)C(C)(C)C)[C@@H](OC(=O)OC(=O)C(C)(C)C)[C@H]1OC(=O)OC(=O)C(C)(C)C. The van der Waals surface area contributed by atoms with Crippen molar-refractivity contribution in [2.45, 2.75) is 86.8 Å². The maximum atomic E-state index is 12.9. The molecule has 0 bridgehead atoms. The fourth-order valence-electron chi connectivity index (χ4n) is 3.03. The topological polar surface area (TPSA) is 217 Å². The van der Waals surface area contributed by atoms with Gasteiger partial charge in [-0.3, -0.25) is 29.6 Å². The highest BCUT2D eigenvalue weighted by Gasteiger charge is 2.52. The molecule has 1 fully saturated rings. The van der Waals surface area contributed by atoms with E-state index in [1.54, 1.807) is 26.3 Å². The second-order valence-electron chi connectivity index (χ2n) is 12.6. The monoisotopic (exact) mass is 630 g/mol. The Morgan fingerprint density at radius 1 is 0.909 bits per heavy atom. The van der Waals surface area contributed by atoms with E-state index in [2.05, 4.69) is 4.98 Å². The molecule has 1 aromatic heterocycles. The summed E-state index contributed by atoms with van der Waals surface area (Å²) in [5, 5.41) is 9.12. The van der Waals surface area contributed by atoms with Gasteiger partial charge in [0.25, 0.3) is 0 Å². The maximum absolute atomic E-state index is 12.9. The molecular weight excluding hydrogens is 590 g/mol. The Hall–Kier alpha value is -4.09. The van der Waals surface area contributed by atoms with E-state index < -0.39 is 90.1 Å². The number of aromatic nitrogens is 2. The summed E-state index contributed by atoms with van der Waals surface area (Å²) in [6, 6.07) is 1.06. The van der Waals surface area contributed by atoms with Gasteiger partial charge >= 0.3 is 35.9 Å². The first kappa shape index (κ1) is 34.4. The summed E-state index contributed by atoms with van der Waals surface area (Å²) in [6.45, 7) is 12.3. The Labute approximate surface area is 254 Å². The Kier molecular flexibility index (Phi) is 11.0. The van der Waals surface area contributed by atoms with Gasteiger partial charge in [-0.1, -0.05) is 0 Å². The average Bonchev–Trinajstić information content (AvgIpc) is 3.15. The molecule has 2 N–H and O–H groups in total. The smallest absolute Gasteiger partial charge is 0.438 e. The molecule has 0 aliphatic carbocycles. The maximum Gasteiger partial charge on any atom is 0.516 e. The number of anilines is 1. The van der Waals surface area contributed by atoms with E-state index in [0.29, 0.717) is 4.57 Å². The van der Waals surface area contributed by atoms with Crippen LogP contribution in [0.1, 0.15) is 69.9 Å². The van der Waals surface area contributed by atoms with Crippen molar-refractivity contribution in [1.82, 2.24) is 9.55 Å². The number of nitrogens with one attached hydrogen (secondary N) is 1. The quantitative estimate of drug-likeness (QED) is 0.105. The molecule has 1 aromatic rings. The van der Waals surface area contributed by atoms with Gasteiger partial charge in [0.15, 0.2) is 31.0 Å². The average molecular weight is 631 g/mol. The lowest BCUT2D eigenvalue weighted by Gasteiger charge is -2.25. The van der Waals surface area contributed by atoms with Gasteiger partial charge in [0, 0.05) is 6.20 Å². The Morgan fingerprint density at radius 2 is 1.41 bits per heavy atom. The summed E-state index contributed by atoms with van der Waals surface area (Å²) < 4.78 is 45.8. The van der Waals surface area contributed by atoms with Crippen LogP contribution in [0, 0.1) is 16.2 Å². The first-order chi connectivity index (χ1) is 20.5. The van der Waals surface area contributed by atoms with Crippen LogP contribution in [0.3, 0.4) is 0 Å². The molecule has 0 radical (unpaired) electrons. The van der Waals surface area contributed by atoms with Gasteiger partial charge in [0.05, 0.1) is 24.2 Å². The minimum Gasteiger partial charge on any atom is -0.438 e. The van der Waals surface area contributed by atoms with E-state index in [-0.39, 0.29) is 5.82 Å². The van der Waals surface area contributed by atoms with Crippen molar-refractivity contribution >= 4 is 36.0 Å². The lowest BCUT2D eigenvalue weighted by Crippen LogP contribution is -2.43. The molecule has 0 saturated carbocycles. The molecule has 2 heterocycles. The van der Waals surface area contributed by atoms with Crippen molar-refractivity contribution in [3.05, 3.63) is 22.7 Å². The molecule has 44 heavy (non-hydrogen) atoms. The molecule has 17 heteroatoms. The predicted molar refractivity (Wildman–Crippen MR) is 146 cm³/mol. The zero-order valence-electron chi connectivity index (χ0n) is 26.9. The minimum atomic E-state index is -2.79. The molecule has 17 nitrogen and oxygen atoms in total. The van der Waals surface area contributed by atoms with E-state index in [4.69, 9.17) is 39.7 Å². The standard InChI is InChI=1S/C27H39N3O14/c1-25(2,3)19(31)39-13-38-12-14-16(41-23(35)43-20(32)26(4,5)6)17(42-24(36)44-21(33)27(7,8)9)18(40-14)30-11-10-15(29-37)28-22(30)34/h10-11,14,16-18,37H,12-13H2,1-9H3,(H,28,29,34)/t14-,16-,17-,18-/m1/s1/i18D. The van der Waals surface area contributed by atoms with Crippen molar-refractivity contribution in [3.8, 4) is 0 Å². The number of ether oxygens (including phenoxy) is 7. The van der Waals surface area contributed by atoms with Gasteiger partial charge < -0.3 is 33.2 Å². The minimum absolute atomic E-state index is 0.317. The van der Waals surface area contributed by atoms with Crippen LogP contribution < -0.4 is 11.2 Å². The third-order valence-electron chi connectivity index (χ3n) is 5.54. The largest absolute Gasteiger partial charge is 0.516 e.